The number of halogens is 3. The van der Waals surface area contributed by atoms with E-state index >= 15 is 0 Å². The molecule has 0 bridgehead atoms. The number of hydrogen-bond acceptors (Lipinski definition) is 5. The van der Waals surface area contributed by atoms with E-state index in [1.807, 2.05) is 0 Å². The highest BCUT2D eigenvalue weighted by Crippen LogP contribution is 2.18. The number of furan rings is 1. The molecule has 0 fully saturated rings. The molecule has 2 aromatic rings. The zero-order valence-corrected chi connectivity index (χ0v) is 13.1. The molecule has 130 valence electrons. The van der Waals surface area contributed by atoms with Crippen molar-refractivity contribution in [2.75, 3.05) is 13.2 Å². The molecule has 0 saturated heterocycles. The maximum atomic E-state index is 12.6. The number of rotatable bonds is 7. The van der Waals surface area contributed by atoms with Gasteiger partial charge in [0.1, 0.15) is 12.3 Å². The lowest BCUT2D eigenvalue weighted by Crippen LogP contribution is -2.40. The third-order valence-electron chi connectivity index (χ3n) is 2.77. The highest BCUT2D eigenvalue weighted by Gasteiger charge is 2.33. The smallest absolute Gasteiger partial charge is 0.406 e. The zero-order chi connectivity index (χ0) is 17.6. The third kappa shape index (κ3) is 5.61. The van der Waals surface area contributed by atoms with Crippen molar-refractivity contribution >= 4 is 23.1 Å². The lowest BCUT2D eigenvalue weighted by molar-refractivity contribution is -0.165. The van der Waals surface area contributed by atoms with E-state index in [0.717, 1.165) is 0 Å². The number of amidine groups is 1. The van der Waals surface area contributed by atoms with E-state index in [1.165, 1.54) is 29.7 Å². The summed E-state index contributed by atoms with van der Waals surface area (Å²) in [7, 11) is 0. The quantitative estimate of drug-likeness (QED) is 0.467. The van der Waals surface area contributed by atoms with Gasteiger partial charge in [0.05, 0.1) is 17.7 Å². The van der Waals surface area contributed by atoms with Crippen molar-refractivity contribution in [3.63, 3.8) is 0 Å². The molecular formula is C14H14F3N3O3S. The average Bonchev–Trinajstić information content (AvgIpc) is 3.18. The van der Waals surface area contributed by atoms with E-state index in [4.69, 9.17) is 15.0 Å². The number of nitrogens with two attached hydrogens (primary N) is 1. The van der Waals surface area contributed by atoms with Crippen molar-refractivity contribution in [2.45, 2.75) is 12.7 Å². The highest BCUT2D eigenvalue weighted by atomic mass is 32.1. The molecular weight excluding hydrogens is 347 g/mol. The van der Waals surface area contributed by atoms with Crippen LogP contribution in [0.3, 0.4) is 0 Å². The van der Waals surface area contributed by atoms with Crippen molar-refractivity contribution in [2.24, 2.45) is 10.9 Å². The van der Waals surface area contributed by atoms with Gasteiger partial charge in [-0.05, 0) is 23.6 Å². The Morgan fingerprint density at radius 2 is 2.17 bits per heavy atom. The molecule has 6 nitrogen and oxygen atoms in total. The first kappa shape index (κ1) is 17.9. The van der Waals surface area contributed by atoms with Gasteiger partial charge < -0.3 is 19.9 Å². The fraction of sp³-hybridized carbons (Fsp3) is 0.286. The zero-order valence-electron chi connectivity index (χ0n) is 12.3. The van der Waals surface area contributed by atoms with E-state index in [9.17, 15) is 18.0 Å². The maximum Gasteiger partial charge on any atom is 0.406 e. The predicted octanol–water partition coefficient (Wildman–Crippen LogP) is 2.57. The summed E-state index contributed by atoms with van der Waals surface area (Å²) in [5.41, 5.74) is 5.63. The molecule has 2 aromatic heterocycles. The van der Waals surface area contributed by atoms with E-state index in [2.05, 4.69) is 5.16 Å². The molecule has 2 N–H and O–H groups in total. The number of carbonyl (C=O) groups is 1. The van der Waals surface area contributed by atoms with Crippen molar-refractivity contribution in [3.05, 3.63) is 46.5 Å². The van der Waals surface area contributed by atoms with Crippen LogP contribution >= 0.6 is 11.3 Å². The van der Waals surface area contributed by atoms with Gasteiger partial charge >= 0.3 is 6.18 Å². The molecule has 0 atom stereocenters. The van der Waals surface area contributed by atoms with Crippen LogP contribution in [-0.2, 0) is 16.2 Å². The summed E-state index contributed by atoms with van der Waals surface area (Å²) >= 11 is 1.31. The third-order valence-corrected chi connectivity index (χ3v) is 3.67. The van der Waals surface area contributed by atoms with Crippen LogP contribution in [0.4, 0.5) is 13.2 Å². The number of hydrogen-bond donors (Lipinski definition) is 1. The lowest BCUT2D eigenvalue weighted by Gasteiger charge is -2.22. The molecule has 10 heteroatoms. The number of oxime groups is 1. The van der Waals surface area contributed by atoms with Gasteiger partial charge in [0.25, 0.3) is 5.91 Å². The summed E-state index contributed by atoms with van der Waals surface area (Å²) in [6.07, 6.45) is -3.23. The second-order valence-electron chi connectivity index (χ2n) is 4.67. The van der Waals surface area contributed by atoms with Crippen LogP contribution in [-0.4, -0.2) is 36.0 Å². The minimum Gasteiger partial charge on any atom is -0.467 e. The van der Waals surface area contributed by atoms with Gasteiger partial charge in [-0.25, -0.2) is 0 Å². The van der Waals surface area contributed by atoms with Gasteiger partial charge in [0.2, 0.25) is 0 Å². The van der Waals surface area contributed by atoms with Crippen LogP contribution in [0.2, 0.25) is 0 Å². The van der Waals surface area contributed by atoms with Gasteiger partial charge in [0, 0.05) is 0 Å². The molecule has 0 aliphatic carbocycles. The molecule has 2 rings (SSSR count). The Kier molecular flexibility index (Phi) is 5.85. The van der Waals surface area contributed by atoms with Crippen LogP contribution in [0.15, 0.2) is 45.5 Å². The molecule has 0 radical (unpaired) electrons. The Balaban J connectivity index is 1.95. The summed E-state index contributed by atoms with van der Waals surface area (Å²) in [6.45, 7) is -2.40. The van der Waals surface area contributed by atoms with Gasteiger partial charge in [-0.15, -0.1) is 11.3 Å². The Bertz CT molecular complexity index is 669. The standard InChI is InChI=1S/C14H14F3N3O3S/c15-14(16,17)9-20(7-10-3-1-5-22-10)12(21)8-23-19-13(18)11-4-2-6-24-11/h1-6H,7-9H2,(H2,18,19). The number of amides is 1. The van der Waals surface area contributed by atoms with E-state index < -0.39 is 25.2 Å². The minimum atomic E-state index is -4.54. The fourth-order valence-corrected chi connectivity index (χ4v) is 2.38. The Labute approximate surface area is 139 Å². The SMILES string of the molecule is N/C(=N\OCC(=O)N(Cc1ccco1)CC(F)(F)F)c1cccs1. The molecule has 1 amide bonds. The maximum absolute atomic E-state index is 12.6. The second kappa shape index (κ2) is 7.86. The Morgan fingerprint density at radius 1 is 1.38 bits per heavy atom. The molecule has 0 aromatic carbocycles. The topological polar surface area (TPSA) is 81.1 Å². The molecule has 0 aliphatic heterocycles. The predicted molar refractivity (Wildman–Crippen MR) is 81.2 cm³/mol. The van der Waals surface area contributed by atoms with Crippen LogP contribution < -0.4 is 5.73 Å². The first-order valence-electron chi connectivity index (χ1n) is 6.71. The lowest BCUT2D eigenvalue weighted by atomic mass is 10.3. The number of alkyl halides is 3. The van der Waals surface area contributed by atoms with Crippen molar-refractivity contribution < 1.29 is 27.2 Å². The molecule has 0 saturated carbocycles. The Hall–Kier alpha value is -2.49. The highest BCUT2D eigenvalue weighted by molar-refractivity contribution is 7.12. The van der Waals surface area contributed by atoms with Crippen molar-refractivity contribution in [3.8, 4) is 0 Å². The molecule has 2 heterocycles. The number of nitrogens with zero attached hydrogens (tertiary/aromatic N) is 2. The Morgan fingerprint density at radius 3 is 2.75 bits per heavy atom. The van der Waals surface area contributed by atoms with Gasteiger partial charge in [0.15, 0.2) is 12.4 Å². The first-order chi connectivity index (χ1) is 11.3. The van der Waals surface area contributed by atoms with E-state index in [1.54, 1.807) is 17.5 Å². The normalized spacial score (nSPS) is 12.2. The van der Waals surface area contributed by atoms with Crippen LogP contribution in [0.1, 0.15) is 10.6 Å². The van der Waals surface area contributed by atoms with Gasteiger partial charge in [-0.1, -0.05) is 11.2 Å². The molecule has 0 spiro atoms. The minimum absolute atomic E-state index is 0.0474. The average molecular weight is 361 g/mol. The van der Waals surface area contributed by atoms with Crippen LogP contribution in [0, 0.1) is 0 Å². The number of carbonyl (C=O) groups excluding carboxylic acids is 1. The molecule has 0 unspecified atom stereocenters. The molecule has 0 aliphatic rings. The van der Waals surface area contributed by atoms with Crippen molar-refractivity contribution in [1.29, 1.82) is 0 Å². The summed E-state index contributed by atoms with van der Waals surface area (Å²) in [4.78, 5) is 18.0. The summed E-state index contributed by atoms with van der Waals surface area (Å²) in [5.74, 6) is -0.605. The van der Waals surface area contributed by atoms with E-state index in [-0.39, 0.29) is 18.1 Å². The van der Waals surface area contributed by atoms with Gasteiger partial charge in [-0.2, -0.15) is 13.2 Å². The summed E-state index contributed by atoms with van der Waals surface area (Å²) in [5, 5.41) is 5.31. The fourth-order valence-electron chi connectivity index (χ4n) is 1.76. The second-order valence-corrected chi connectivity index (χ2v) is 5.62. The number of thiophene rings is 1. The first-order valence-corrected chi connectivity index (χ1v) is 7.59. The largest absolute Gasteiger partial charge is 0.467 e. The summed E-state index contributed by atoms with van der Waals surface area (Å²) < 4.78 is 42.8. The van der Waals surface area contributed by atoms with Crippen LogP contribution in [0.25, 0.3) is 0 Å². The summed E-state index contributed by atoms with van der Waals surface area (Å²) in [6, 6.07) is 6.45. The monoisotopic (exact) mass is 361 g/mol. The molecule has 24 heavy (non-hydrogen) atoms. The van der Waals surface area contributed by atoms with Crippen LogP contribution in [0.5, 0.6) is 0 Å². The van der Waals surface area contributed by atoms with Gasteiger partial charge in [-0.3, -0.25) is 4.79 Å². The van der Waals surface area contributed by atoms with E-state index in [0.29, 0.717) is 9.78 Å². The van der Waals surface area contributed by atoms with Crippen molar-refractivity contribution in [1.82, 2.24) is 4.90 Å².